The van der Waals surface area contributed by atoms with Gasteiger partial charge in [-0.2, -0.15) is 39.5 Å². The smallest absolute Gasteiger partial charge is 0.437 e. The number of aryl methyl sites for hydroxylation is 1. The van der Waals surface area contributed by atoms with Gasteiger partial charge in [-0.25, -0.2) is 4.79 Å². The lowest BCUT2D eigenvalue weighted by molar-refractivity contribution is -0.357. The summed E-state index contributed by atoms with van der Waals surface area (Å²) in [4.78, 5) is 11.2. The van der Waals surface area contributed by atoms with E-state index in [4.69, 9.17) is 5.11 Å². The Balaban J connectivity index is 3.08. The Hall–Kier alpha value is -1.98. The Morgan fingerprint density at radius 2 is 1.44 bits per heavy atom. The molecule has 0 saturated heterocycles. The van der Waals surface area contributed by atoms with Crippen LogP contribution in [0.4, 0.5) is 39.5 Å². The van der Waals surface area contributed by atoms with E-state index in [0.29, 0.717) is 12.1 Å². The molecular formula is C13H9F9O3. The number of aliphatic hydroxyl groups is 1. The molecule has 0 radical (unpaired) electrons. The molecule has 0 aliphatic carbocycles. The van der Waals surface area contributed by atoms with Gasteiger partial charge in [-0.15, -0.1) is 0 Å². The normalized spacial score (nSPS) is 13.7. The fraction of sp³-hybridized carbons (Fsp3) is 0.462. The summed E-state index contributed by atoms with van der Waals surface area (Å²) < 4.78 is 116. The van der Waals surface area contributed by atoms with E-state index in [9.17, 15) is 44.3 Å². The largest absolute Gasteiger partial charge is 0.458 e. The molecular weight excluding hydrogens is 375 g/mol. The molecule has 25 heavy (non-hydrogen) atoms. The van der Waals surface area contributed by atoms with Crippen molar-refractivity contribution >= 4 is 5.97 Å². The number of hydrogen-bond acceptors (Lipinski definition) is 3. The maximum atomic E-state index is 12.6. The van der Waals surface area contributed by atoms with Crippen LogP contribution in [-0.4, -0.2) is 29.0 Å². The van der Waals surface area contributed by atoms with Crippen molar-refractivity contribution in [3.63, 3.8) is 0 Å². The number of alkyl halides is 9. The van der Waals surface area contributed by atoms with Gasteiger partial charge in [0.1, 0.15) is 6.61 Å². The van der Waals surface area contributed by atoms with Gasteiger partial charge >= 0.3 is 30.1 Å². The van der Waals surface area contributed by atoms with Crippen molar-refractivity contribution in [2.45, 2.75) is 37.7 Å². The molecule has 0 aliphatic rings. The van der Waals surface area contributed by atoms with Crippen molar-refractivity contribution in [2.75, 3.05) is 0 Å². The van der Waals surface area contributed by atoms with Crippen molar-refractivity contribution in [2.24, 2.45) is 0 Å². The van der Waals surface area contributed by atoms with Gasteiger partial charge in [0.05, 0.1) is 5.56 Å². The summed E-state index contributed by atoms with van der Waals surface area (Å²) in [5, 5.41) is 8.76. The van der Waals surface area contributed by atoms with Crippen LogP contribution in [0.1, 0.15) is 16.7 Å². The molecule has 0 heterocycles. The van der Waals surface area contributed by atoms with E-state index in [-0.39, 0.29) is 5.56 Å². The second-order valence-electron chi connectivity index (χ2n) is 4.99. The van der Waals surface area contributed by atoms with Gasteiger partial charge in [0.25, 0.3) is 0 Å². The number of esters is 1. The van der Waals surface area contributed by atoms with Crippen LogP contribution in [0.2, 0.25) is 0 Å². The molecule has 0 bridgehead atoms. The molecule has 1 aromatic carbocycles. The molecule has 0 saturated carbocycles. The van der Waals surface area contributed by atoms with E-state index in [2.05, 4.69) is 4.74 Å². The third-order valence-electron chi connectivity index (χ3n) is 2.95. The number of benzene rings is 1. The van der Waals surface area contributed by atoms with Gasteiger partial charge in [0, 0.05) is 0 Å². The molecule has 0 atom stereocenters. The third-order valence-corrected chi connectivity index (χ3v) is 2.95. The first-order valence-electron chi connectivity index (χ1n) is 6.21. The predicted octanol–water partition coefficient (Wildman–Crippen LogP) is 3.91. The van der Waals surface area contributed by atoms with Crippen molar-refractivity contribution in [1.82, 2.24) is 0 Å². The number of hydrogen-bond donors (Lipinski definition) is 1. The van der Waals surface area contributed by atoms with E-state index in [1.54, 1.807) is 0 Å². The molecule has 0 amide bonds. The number of halogens is 9. The summed E-state index contributed by atoms with van der Waals surface area (Å²) in [5.74, 6) is -3.09. The first kappa shape index (κ1) is 21.1. The fourth-order valence-corrected chi connectivity index (χ4v) is 1.75. The zero-order valence-corrected chi connectivity index (χ0v) is 12.1. The third kappa shape index (κ3) is 4.35. The molecule has 3 nitrogen and oxygen atoms in total. The Kier molecular flexibility index (Phi) is 5.38. The van der Waals surface area contributed by atoms with E-state index in [1.807, 2.05) is 0 Å². The standard InChI is InChI=1S/C13H9F9O3/c1-6-2-7(4-8(3-6)11(14,15)16)5-25-9(23)10(24,12(17,18)19)13(20,21)22/h2-4,24H,5H2,1H3. The summed E-state index contributed by atoms with van der Waals surface area (Å²) in [7, 11) is 0. The van der Waals surface area contributed by atoms with Crippen LogP contribution in [0.5, 0.6) is 0 Å². The monoisotopic (exact) mass is 384 g/mol. The molecule has 12 heteroatoms. The van der Waals surface area contributed by atoms with E-state index >= 15 is 0 Å². The highest BCUT2D eigenvalue weighted by Crippen LogP contribution is 2.44. The van der Waals surface area contributed by atoms with Gasteiger partial charge in [0.2, 0.25) is 0 Å². The molecule has 0 spiro atoms. The average molecular weight is 384 g/mol. The zero-order chi connectivity index (χ0) is 19.8. The molecule has 142 valence electrons. The van der Waals surface area contributed by atoms with Crippen molar-refractivity contribution in [3.05, 3.63) is 34.9 Å². The number of rotatable bonds is 3. The maximum absolute atomic E-state index is 12.6. The molecule has 0 fully saturated rings. The summed E-state index contributed by atoms with van der Waals surface area (Å²) in [6, 6.07) is 2.02. The second-order valence-corrected chi connectivity index (χ2v) is 4.99. The van der Waals surface area contributed by atoms with E-state index < -0.39 is 47.8 Å². The number of ether oxygens (including phenoxy) is 1. The SMILES string of the molecule is Cc1cc(COC(=O)C(O)(C(F)(F)F)C(F)(F)F)cc(C(F)(F)F)c1. The van der Waals surface area contributed by atoms with Crippen molar-refractivity contribution in [3.8, 4) is 0 Å². The van der Waals surface area contributed by atoms with Gasteiger partial charge in [-0.05, 0) is 24.6 Å². The summed E-state index contributed by atoms with van der Waals surface area (Å²) >= 11 is 0. The van der Waals surface area contributed by atoms with Gasteiger partial charge in [-0.3, -0.25) is 0 Å². The quantitative estimate of drug-likeness (QED) is 0.635. The topological polar surface area (TPSA) is 46.5 Å². The highest BCUT2D eigenvalue weighted by Gasteiger charge is 2.76. The second kappa shape index (κ2) is 6.39. The van der Waals surface area contributed by atoms with Crippen molar-refractivity contribution < 1.29 is 54.2 Å². The number of carbonyl (C=O) groups excluding carboxylic acids is 1. The summed E-state index contributed by atoms with van der Waals surface area (Å²) in [6.45, 7) is -0.152. The van der Waals surface area contributed by atoms with E-state index in [0.717, 1.165) is 6.07 Å². The summed E-state index contributed by atoms with van der Waals surface area (Å²) in [6.07, 6.45) is -17.7. The highest BCUT2D eigenvalue weighted by atomic mass is 19.4. The lowest BCUT2D eigenvalue weighted by Crippen LogP contribution is -2.62. The lowest BCUT2D eigenvalue weighted by atomic mass is 10.0. The van der Waals surface area contributed by atoms with Crippen LogP contribution in [0.25, 0.3) is 0 Å². The Labute approximate surface area is 134 Å². The Bertz CT molecular complexity index is 630. The molecule has 0 aromatic heterocycles. The highest BCUT2D eigenvalue weighted by molar-refractivity contribution is 5.81. The minimum atomic E-state index is -6.44. The van der Waals surface area contributed by atoms with Crippen LogP contribution in [0.3, 0.4) is 0 Å². The molecule has 0 aliphatic heterocycles. The average Bonchev–Trinajstić information content (AvgIpc) is 2.39. The van der Waals surface area contributed by atoms with Crippen LogP contribution in [-0.2, 0) is 22.3 Å². The van der Waals surface area contributed by atoms with Crippen LogP contribution >= 0.6 is 0 Å². The predicted molar refractivity (Wildman–Crippen MR) is 63.0 cm³/mol. The molecule has 1 rings (SSSR count). The maximum Gasteiger partial charge on any atom is 0.437 e. The van der Waals surface area contributed by atoms with Gasteiger partial charge in [-0.1, -0.05) is 11.6 Å². The Morgan fingerprint density at radius 1 is 0.960 bits per heavy atom. The minimum Gasteiger partial charge on any atom is -0.458 e. The van der Waals surface area contributed by atoms with Gasteiger partial charge < -0.3 is 9.84 Å². The van der Waals surface area contributed by atoms with Gasteiger partial charge in [0.15, 0.2) is 0 Å². The van der Waals surface area contributed by atoms with Crippen LogP contribution in [0, 0.1) is 6.92 Å². The van der Waals surface area contributed by atoms with Crippen LogP contribution < -0.4 is 0 Å². The first-order valence-corrected chi connectivity index (χ1v) is 6.21. The van der Waals surface area contributed by atoms with Crippen LogP contribution in [0.15, 0.2) is 18.2 Å². The number of carbonyl (C=O) groups is 1. The molecule has 1 aromatic rings. The lowest BCUT2D eigenvalue weighted by Gasteiger charge is -2.29. The minimum absolute atomic E-state index is 0.0252. The summed E-state index contributed by atoms with van der Waals surface area (Å²) in [5.41, 5.74) is -7.56. The molecule has 0 unspecified atom stereocenters. The Morgan fingerprint density at radius 3 is 1.84 bits per heavy atom. The van der Waals surface area contributed by atoms with E-state index in [1.165, 1.54) is 6.92 Å². The molecule has 1 N–H and O–H groups in total. The zero-order valence-electron chi connectivity index (χ0n) is 12.1. The first-order chi connectivity index (χ1) is 11.0. The van der Waals surface area contributed by atoms with Crippen molar-refractivity contribution in [1.29, 1.82) is 0 Å². The fourth-order valence-electron chi connectivity index (χ4n) is 1.75.